The van der Waals surface area contributed by atoms with Crippen molar-refractivity contribution in [1.82, 2.24) is 10.6 Å². The molecule has 4 nitrogen and oxygen atoms in total. The highest BCUT2D eigenvalue weighted by Gasteiger charge is 2.26. The zero-order valence-corrected chi connectivity index (χ0v) is 12.0. The van der Waals surface area contributed by atoms with Crippen LogP contribution in [-0.4, -0.2) is 37.3 Å². The summed E-state index contributed by atoms with van der Waals surface area (Å²) >= 11 is 1.55. The summed E-state index contributed by atoms with van der Waals surface area (Å²) in [5.74, 6) is 0.336. The minimum absolute atomic E-state index is 0.0308. The van der Waals surface area contributed by atoms with Crippen LogP contribution in [0.5, 0.6) is 0 Å². The maximum Gasteiger partial charge on any atom is 0.261 e. The van der Waals surface area contributed by atoms with E-state index in [0.29, 0.717) is 12.5 Å². The quantitative estimate of drug-likeness (QED) is 0.803. The number of hydrogen-bond donors (Lipinski definition) is 3. The summed E-state index contributed by atoms with van der Waals surface area (Å²) in [5, 5.41) is 16.2. The van der Waals surface area contributed by atoms with Crippen molar-refractivity contribution in [3.8, 4) is 0 Å². The van der Waals surface area contributed by atoms with Gasteiger partial charge in [-0.1, -0.05) is 18.2 Å². The standard InChI is InChI=1S/C15H18N2O2S/c18-8-7-17-15(19)14-13(10-5-6-16-9-10)11-3-1-2-4-12(11)20-14/h1-4,10,16,18H,5-9H2,(H,17,19)/t10-/m1/s1. The second-order valence-electron chi connectivity index (χ2n) is 5.01. The van der Waals surface area contributed by atoms with E-state index in [0.717, 1.165) is 29.1 Å². The normalized spacial score (nSPS) is 18.6. The Morgan fingerprint density at radius 1 is 1.45 bits per heavy atom. The number of nitrogens with one attached hydrogen (secondary N) is 2. The lowest BCUT2D eigenvalue weighted by atomic mass is 9.95. The number of rotatable bonds is 4. The first-order chi connectivity index (χ1) is 9.81. The molecule has 3 rings (SSSR count). The van der Waals surface area contributed by atoms with Gasteiger partial charge in [0.15, 0.2) is 0 Å². The molecule has 2 heterocycles. The van der Waals surface area contributed by atoms with Gasteiger partial charge in [0.25, 0.3) is 5.91 Å². The number of amides is 1. The van der Waals surface area contributed by atoms with Crippen LogP contribution >= 0.6 is 11.3 Å². The van der Waals surface area contributed by atoms with E-state index in [-0.39, 0.29) is 12.5 Å². The zero-order valence-electron chi connectivity index (χ0n) is 11.2. The lowest BCUT2D eigenvalue weighted by molar-refractivity contribution is 0.0947. The highest BCUT2D eigenvalue weighted by Crippen LogP contribution is 2.38. The van der Waals surface area contributed by atoms with Crippen molar-refractivity contribution in [2.75, 3.05) is 26.2 Å². The topological polar surface area (TPSA) is 61.4 Å². The highest BCUT2D eigenvalue weighted by atomic mass is 32.1. The Bertz CT molecular complexity index is 617. The molecule has 0 aliphatic carbocycles. The number of carbonyl (C=O) groups excluding carboxylic acids is 1. The smallest absolute Gasteiger partial charge is 0.261 e. The number of carbonyl (C=O) groups is 1. The lowest BCUT2D eigenvalue weighted by Gasteiger charge is -2.11. The Morgan fingerprint density at radius 3 is 3.05 bits per heavy atom. The van der Waals surface area contributed by atoms with Crippen molar-refractivity contribution >= 4 is 27.3 Å². The first-order valence-electron chi connectivity index (χ1n) is 6.92. The third kappa shape index (κ3) is 2.44. The minimum Gasteiger partial charge on any atom is -0.395 e. The Hall–Kier alpha value is -1.43. The summed E-state index contributed by atoms with van der Waals surface area (Å²) in [7, 11) is 0. The van der Waals surface area contributed by atoms with Gasteiger partial charge in [0, 0.05) is 17.8 Å². The summed E-state index contributed by atoms with van der Waals surface area (Å²) in [4.78, 5) is 13.1. The molecule has 1 aromatic heterocycles. The molecule has 1 atom stereocenters. The number of thiophene rings is 1. The van der Waals surface area contributed by atoms with E-state index in [1.54, 1.807) is 11.3 Å². The fourth-order valence-electron chi connectivity index (χ4n) is 2.79. The molecule has 0 radical (unpaired) electrons. The van der Waals surface area contributed by atoms with Crippen molar-refractivity contribution in [2.45, 2.75) is 12.3 Å². The number of benzene rings is 1. The molecule has 2 aromatic rings. The lowest BCUT2D eigenvalue weighted by Crippen LogP contribution is -2.26. The average molecular weight is 290 g/mol. The zero-order chi connectivity index (χ0) is 13.9. The number of aliphatic hydroxyl groups excluding tert-OH is 1. The maximum absolute atomic E-state index is 12.3. The third-order valence-electron chi connectivity index (χ3n) is 3.71. The third-order valence-corrected chi connectivity index (χ3v) is 4.89. The monoisotopic (exact) mass is 290 g/mol. The Balaban J connectivity index is 2.05. The molecule has 1 saturated heterocycles. The first kappa shape index (κ1) is 13.5. The largest absolute Gasteiger partial charge is 0.395 e. The SMILES string of the molecule is O=C(NCCO)c1sc2ccccc2c1[C@@H]1CCNC1. The molecule has 1 aliphatic rings. The van der Waals surface area contributed by atoms with Crippen molar-refractivity contribution in [3.05, 3.63) is 34.7 Å². The van der Waals surface area contributed by atoms with Crippen molar-refractivity contribution < 1.29 is 9.90 Å². The number of hydrogen-bond acceptors (Lipinski definition) is 4. The van der Waals surface area contributed by atoms with E-state index in [1.807, 2.05) is 12.1 Å². The average Bonchev–Trinajstić information content (AvgIpc) is 3.10. The molecule has 1 fully saturated rings. The van der Waals surface area contributed by atoms with Gasteiger partial charge in [0.2, 0.25) is 0 Å². The molecule has 0 spiro atoms. The number of aliphatic hydroxyl groups is 1. The fraction of sp³-hybridized carbons (Fsp3) is 0.400. The predicted molar refractivity (Wildman–Crippen MR) is 81.5 cm³/mol. The van der Waals surface area contributed by atoms with Crippen LogP contribution < -0.4 is 10.6 Å². The van der Waals surface area contributed by atoms with Crippen molar-refractivity contribution in [3.63, 3.8) is 0 Å². The van der Waals surface area contributed by atoms with Gasteiger partial charge in [0.1, 0.15) is 0 Å². The van der Waals surface area contributed by atoms with Crippen LogP contribution in [0.25, 0.3) is 10.1 Å². The summed E-state index contributed by atoms with van der Waals surface area (Å²) in [5.41, 5.74) is 1.17. The van der Waals surface area contributed by atoms with Gasteiger partial charge in [0.05, 0.1) is 11.5 Å². The first-order valence-corrected chi connectivity index (χ1v) is 7.74. The summed E-state index contributed by atoms with van der Waals surface area (Å²) in [6.07, 6.45) is 1.07. The van der Waals surface area contributed by atoms with Gasteiger partial charge in [-0.2, -0.15) is 0 Å². The molecule has 1 aromatic carbocycles. The molecule has 1 amide bonds. The van der Waals surface area contributed by atoms with E-state index in [4.69, 9.17) is 5.11 Å². The Labute approximate surface area is 121 Å². The summed E-state index contributed by atoms with van der Waals surface area (Å²) in [6.45, 7) is 2.21. The molecule has 0 bridgehead atoms. The molecule has 20 heavy (non-hydrogen) atoms. The molecule has 3 N–H and O–H groups in total. The van der Waals surface area contributed by atoms with Gasteiger partial charge >= 0.3 is 0 Å². The van der Waals surface area contributed by atoms with Gasteiger partial charge < -0.3 is 15.7 Å². The molecular formula is C15H18N2O2S. The fourth-order valence-corrected chi connectivity index (χ4v) is 4.00. The van der Waals surface area contributed by atoms with E-state index in [1.165, 1.54) is 10.9 Å². The van der Waals surface area contributed by atoms with E-state index in [2.05, 4.69) is 22.8 Å². The molecular weight excluding hydrogens is 272 g/mol. The molecule has 0 saturated carbocycles. The van der Waals surface area contributed by atoms with Gasteiger partial charge in [-0.25, -0.2) is 0 Å². The van der Waals surface area contributed by atoms with Crippen molar-refractivity contribution in [2.24, 2.45) is 0 Å². The van der Waals surface area contributed by atoms with Gasteiger partial charge in [-0.15, -0.1) is 11.3 Å². The van der Waals surface area contributed by atoms with Crippen LogP contribution in [0.2, 0.25) is 0 Å². The van der Waals surface area contributed by atoms with Crippen LogP contribution in [-0.2, 0) is 0 Å². The summed E-state index contributed by atoms with van der Waals surface area (Å²) in [6, 6.07) is 8.19. The Kier molecular flexibility index (Phi) is 4.00. The van der Waals surface area contributed by atoms with E-state index in [9.17, 15) is 4.79 Å². The molecule has 106 valence electrons. The second kappa shape index (κ2) is 5.91. The van der Waals surface area contributed by atoms with E-state index >= 15 is 0 Å². The van der Waals surface area contributed by atoms with Gasteiger partial charge in [-0.05, 0) is 35.9 Å². The van der Waals surface area contributed by atoms with Crippen LogP contribution in [0, 0.1) is 0 Å². The molecule has 0 unspecified atom stereocenters. The van der Waals surface area contributed by atoms with Crippen LogP contribution in [0.1, 0.15) is 27.6 Å². The van der Waals surface area contributed by atoms with Crippen LogP contribution in [0.4, 0.5) is 0 Å². The maximum atomic E-state index is 12.3. The number of fused-ring (bicyclic) bond motifs is 1. The summed E-state index contributed by atoms with van der Waals surface area (Å²) < 4.78 is 1.16. The molecule has 5 heteroatoms. The van der Waals surface area contributed by atoms with E-state index < -0.39 is 0 Å². The van der Waals surface area contributed by atoms with Crippen molar-refractivity contribution in [1.29, 1.82) is 0 Å². The second-order valence-corrected chi connectivity index (χ2v) is 6.06. The van der Waals surface area contributed by atoms with Crippen LogP contribution in [0.15, 0.2) is 24.3 Å². The highest BCUT2D eigenvalue weighted by molar-refractivity contribution is 7.21. The Morgan fingerprint density at radius 2 is 2.30 bits per heavy atom. The molecule has 1 aliphatic heterocycles. The predicted octanol–water partition coefficient (Wildman–Crippen LogP) is 1.70. The minimum atomic E-state index is -0.0675. The van der Waals surface area contributed by atoms with Crippen LogP contribution in [0.3, 0.4) is 0 Å². The van der Waals surface area contributed by atoms with Gasteiger partial charge in [-0.3, -0.25) is 4.79 Å².